The van der Waals surface area contributed by atoms with Crippen LogP contribution in [0.3, 0.4) is 0 Å². The van der Waals surface area contributed by atoms with Crippen LogP contribution in [0.2, 0.25) is 0 Å². The van der Waals surface area contributed by atoms with Crippen molar-refractivity contribution >= 4 is 23.5 Å². The molecule has 2 aromatic rings. The van der Waals surface area contributed by atoms with Gasteiger partial charge in [0.1, 0.15) is 12.4 Å². The molecular formula is C16H17N3OS. The monoisotopic (exact) mass is 299 g/mol. The minimum absolute atomic E-state index is 0.129. The maximum absolute atomic E-state index is 5.85. The molecule has 0 unspecified atom stereocenters. The fraction of sp³-hybridized carbons (Fsp3) is 0.125. The Kier molecular flexibility index (Phi) is 5.29. The van der Waals surface area contributed by atoms with E-state index in [1.807, 2.05) is 36.4 Å². The van der Waals surface area contributed by atoms with Crippen molar-refractivity contribution in [3.05, 3.63) is 65.2 Å². The van der Waals surface area contributed by atoms with Gasteiger partial charge in [-0.2, -0.15) is 5.10 Å². The van der Waals surface area contributed by atoms with Gasteiger partial charge >= 0.3 is 0 Å². The molecule has 2 rings (SSSR count). The van der Waals surface area contributed by atoms with E-state index < -0.39 is 0 Å². The standard InChI is InChI=1S/C16H17N3OS/c1-12-5-4-6-13(9-12)11-20-15-8-3-2-7-14(15)10-18-19-16(17)21/h2-10H,11H2,1H3,(H3,17,19,21)/b18-10+. The molecular weight excluding hydrogens is 282 g/mol. The van der Waals surface area contributed by atoms with Crippen LogP contribution in [-0.4, -0.2) is 11.3 Å². The molecule has 0 aromatic heterocycles. The Morgan fingerprint density at radius 3 is 2.86 bits per heavy atom. The Morgan fingerprint density at radius 1 is 1.29 bits per heavy atom. The molecule has 0 fully saturated rings. The summed E-state index contributed by atoms with van der Waals surface area (Å²) in [6.07, 6.45) is 1.63. The van der Waals surface area contributed by atoms with Crippen LogP contribution in [0.5, 0.6) is 5.75 Å². The number of rotatable bonds is 5. The number of nitrogens with one attached hydrogen (secondary N) is 1. The summed E-state index contributed by atoms with van der Waals surface area (Å²) in [5, 5.41) is 4.08. The Labute approximate surface area is 129 Å². The summed E-state index contributed by atoms with van der Waals surface area (Å²) in [5.74, 6) is 0.757. The van der Waals surface area contributed by atoms with Gasteiger partial charge in [-0.25, -0.2) is 0 Å². The molecule has 0 radical (unpaired) electrons. The second-order valence-electron chi connectivity index (χ2n) is 4.55. The molecule has 3 N–H and O–H groups in total. The van der Waals surface area contributed by atoms with Gasteiger partial charge in [0.05, 0.1) is 6.21 Å². The average Bonchev–Trinajstić information content (AvgIpc) is 2.46. The maximum Gasteiger partial charge on any atom is 0.184 e. The molecule has 4 nitrogen and oxygen atoms in total. The maximum atomic E-state index is 5.85. The fourth-order valence-corrected chi connectivity index (χ4v) is 1.90. The zero-order valence-electron chi connectivity index (χ0n) is 11.7. The summed E-state index contributed by atoms with van der Waals surface area (Å²) < 4.78 is 5.85. The quantitative estimate of drug-likeness (QED) is 0.506. The Balaban J connectivity index is 2.06. The lowest BCUT2D eigenvalue weighted by Crippen LogP contribution is -2.24. The summed E-state index contributed by atoms with van der Waals surface area (Å²) in [6.45, 7) is 2.57. The van der Waals surface area contributed by atoms with Crippen molar-refractivity contribution in [1.82, 2.24) is 5.43 Å². The predicted molar refractivity (Wildman–Crippen MR) is 89.5 cm³/mol. The summed E-state index contributed by atoms with van der Waals surface area (Å²) in [4.78, 5) is 0. The smallest absolute Gasteiger partial charge is 0.184 e. The molecule has 0 aliphatic rings. The van der Waals surface area contributed by atoms with Gasteiger partial charge in [0, 0.05) is 5.56 Å². The minimum atomic E-state index is 0.129. The summed E-state index contributed by atoms with van der Waals surface area (Å²) in [5.41, 5.74) is 11.0. The highest BCUT2D eigenvalue weighted by Gasteiger charge is 2.01. The molecule has 0 saturated heterocycles. The van der Waals surface area contributed by atoms with E-state index in [1.165, 1.54) is 5.56 Å². The highest BCUT2D eigenvalue weighted by Crippen LogP contribution is 2.17. The molecule has 2 aromatic carbocycles. The number of benzene rings is 2. The largest absolute Gasteiger partial charge is 0.488 e. The van der Waals surface area contributed by atoms with Gasteiger partial charge in [0.25, 0.3) is 0 Å². The highest BCUT2D eigenvalue weighted by atomic mass is 32.1. The number of hydrogen-bond donors (Lipinski definition) is 2. The zero-order valence-corrected chi connectivity index (χ0v) is 12.6. The SMILES string of the molecule is Cc1cccc(COc2ccccc2/C=N/NC(N)=S)c1. The van der Waals surface area contributed by atoms with Gasteiger partial charge in [-0.1, -0.05) is 42.0 Å². The first-order valence-electron chi connectivity index (χ1n) is 6.51. The molecule has 0 atom stereocenters. The first kappa shape index (κ1) is 15.0. The van der Waals surface area contributed by atoms with Crippen LogP contribution in [0, 0.1) is 6.92 Å². The summed E-state index contributed by atoms with van der Waals surface area (Å²) in [6, 6.07) is 15.9. The van der Waals surface area contributed by atoms with Gasteiger partial charge in [0.2, 0.25) is 0 Å². The van der Waals surface area contributed by atoms with Crippen LogP contribution in [-0.2, 0) is 6.61 Å². The lowest BCUT2D eigenvalue weighted by Gasteiger charge is -2.09. The molecule has 0 spiro atoms. The van der Waals surface area contributed by atoms with Crippen molar-refractivity contribution in [2.24, 2.45) is 10.8 Å². The Bertz CT molecular complexity index is 655. The fourth-order valence-electron chi connectivity index (χ4n) is 1.85. The minimum Gasteiger partial charge on any atom is -0.488 e. The number of hydrogen-bond acceptors (Lipinski definition) is 3. The van der Waals surface area contributed by atoms with Crippen LogP contribution in [0.4, 0.5) is 0 Å². The molecule has 0 amide bonds. The first-order chi connectivity index (χ1) is 10.1. The van der Waals surface area contributed by atoms with E-state index in [-0.39, 0.29) is 5.11 Å². The lowest BCUT2D eigenvalue weighted by atomic mass is 10.1. The molecule has 108 valence electrons. The van der Waals surface area contributed by atoms with Crippen LogP contribution in [0.15, 0.2) is 53.6 Å². The number of nitrogens with zero attached hydrogens (tertiary/aromatic N) is 1. The van der Waals surface area contributed by atoms with Crippen LogP contribution < -0.4 is 15.9 Å². The number of hydrazone groups is 1. The Morgan fingerprint density at radius 2 is 2.10 bits per heavy atom. The van der Waals surface area contributed by atoms with Gasteiger partial charge < -0.3 is 10.5 Å². The van der Waals surface area contributed by atoms with Gasteiger partial charge in [0.15, 0.2) is 5.11 Å². The van der Waals surface area contributed by atoms with E-state index in [4.69, 9.17) is 22.7 Å². The first-order valence-corrected chi connectivity index (χ1v) is 6.92. The Hall–Kier alpha value is -2.40. The summed E-state index contributed by atoms with van der Waals surface area (Å²) in [7, 11) is 0. The topological polar surface area (TPSA) is 59.6 Å². The predicted octanol–water partition coefficient (Wildman–Crippen LogP) is 2.74. The van der Waals surface area contributed by atoms with Crippen molar-refractivity contribution < 1.29 is 4.74 Å². The van der Waals surface area contributed by atoms with Gasteiger partial charge in [-0.15, -0.1) is 0 Å². The third-order valence-corrected chi connectivity index (χ3v) is 2.87. The van der Waals surface area contributed by atoms with E-state index in [2.05, 4.69) is 29.6 Å². The number of para-hydroxylation sites is 1. The van der Waals surface area contributed by atoms with E-state index >= 15 is 0 Å². The average molecular weight is 299 g/mol. The second-order valence-corrected chi connectivity index (χ2v) is 4.99. The molecule has 0 bridgehead atoms. The molecule has 5 heteroatoms. The normalized spacial score (nSPS) is 10.5. The van der Waals surface area contributed by atoms with Crippen molar-refractivity contribution in [3.8, 4) is 5.75 Å². The molecule has 21 heavy (non-hydrogen) atoms. The van der Waals surface area contributed by atoms with Crippen LogP contribution in [0.1, 0.15) is 16.7 Å². The highest BCUT2D eigenvalue weighted by molar-refractivity contribution is 7.80. The molecule has 0 saturated carbocycles. The van der Waals surface area contributed by atoms with Crippen molar-refractivity contribution in [1.29, 1.82) is 0 Å². The van der Waals surface area contributed by atoms with E-state index in [1.54, 1.807) is 6.21 Å². The zero-order chi connectivity index (χ0) is 15.1. The molecule has 0 heterocycles. The van der Waals surface area contributed by atoms with Crippen molar-refractivity contribution in [2.75, 3.05) is 0 Å². The third-order valence-electron chi connectivity index (χ3n) is 2.77. The number of nitrogens with two attached hydrogens (primary N) is 1. The number of aryl methyl sites for hydroxylation is 1. The van der Waals surface area contributed by atoms with E-state index in [0.29, 0.717) is 6.61 Å². The van der Waals surface area contributed by atoms with E-state index in [0.717, 1.165) is 16.9 Å². The van der Waals surface area contributed by atoms with E-state index in [9.17, 15) is 0 Å². The van der Waals surface area contributed by atoms with Crippen molar-refractivity contribution in [2.45, 2.75) is 13.5 Å². The number of thiocarbonyl (C=S) groups is 1. The third kappa shape index (κ3) is 4.89. The molecule has 0 aliphatic heterocycles. The van der Waals surface area contributed by atoms with Crippen LogP contribution >= 0.6 is 12.2 Å². The van der Waals surface area contributed by atoms with Crippen molar-refractivity contribution in [3.63, 3.8) is 0 Å². The lowest BCUT2D eigenvalue weighted by molar-refractivity contribution is 0.305. The summed E-state index contributed by atoms with van der Waals surface area (Å²) >= 11 is 4.69. The van der Waals surface area contributed by atoms with Gasteiger partial charge in [-0.05, 0) is 36.8 Å². The van der Waals surface area contributed by atoms with Gasteiger partial charge in [-0.3, -0.25) is 5.43 Å². The van der Waals surface area contributed by atoms with Crippen LogP contribution in [0.25, 0.3) is 0 Å². The number of ether oxygens (including phenoxy) is 1. The second kappa shape index (κ2) is 7.40. The molecule has 0 aliphatic carbocycles.